The van der Waals surface area contributed by atoms with Crippen LogP contribution in [0.1, 0.15) is 49.9 Å². The van der Waals surface area contributed by atoms with Gasteiger partial charge in [0, 0.05) is 60.2 Å². The lowest BCUT2D eigenvalue weighted by Crippen LogP contribution is -2.15. The van der Waals surface area contributed by atoms with Gasteiger partial charge in [0.15, 0.2) is 17.5 Å². The van der Waals surface area contributed by atoms with E-state index in [9.17, 15) is 0 Å². The molecule has 8 aromatic carbocycles. The predicted octanol–water partition coefficient (Wildman–Crippen LogP) is 14.5. The van der Waals surface area contributed by atoms with E-state index in [1.165, 1.54) is 77.4 Å². The first-order valence-corrected chi connectivity index (χ1v) is 21.5. The molecule has 0 amide bonds. The monoisotopic (exact) mass is 794 g/mol. The first kappa shape index (κ1) is 34.1. The molecule has 2 aliphatic carbocycles. The van der Waals surface area contributed by atoms with Crippen LogP contribution in [0.25, 0.3) is 117 Å². The Labute approximate surface area is 358 Å². The van der Waals surface area contributed by atoms with Crippen LogP contribution in [0.2, 0.25) is 0 Å². The molecule has 0 bridgehead atoms. The Bertz CT molecular complexity index is 3820. The molecule has 0 atom stereocenters. The summed E-state index contributed by atoms with van der Waals surface area (Å²) >= 11 is 0. The Kier molecular flexibility index (Phi) is 6.38. The van der Waals surface area contributed by atoms with Gasteiger partial charge in [0.25, 0.3) is 0 Å². The number of furan rings is 1. The van der Waals surface area contributed by atoms with Crippen LogP contribution in [0, 0.1) is 0 Å². The number of hydrogen-bond acceptors (Lipinski definition) is 4. The lowest BCUT2D eigenvalue weighted by molar-refractivity contribution is 0.660. The molecular formula is C57H38N4O. The van der Waals surface area contributed by atoms with Crippen molar-refractivity contribution in [3.63, 3.8) is 0 Å². The zero-order chi connectivity index (χ0) is 41.2. The van der Waals surface area contributed by atoms with E-state index in [0.29, 0.717) is 17.5 Å². The summed E-state index contributed by atoms with van der Waals surface area (Å²) in [7, 11) is 0. The summed E-state index contributed by atoms with van der Waals surface area (Å²) in [6, 6.07) is 57.1. The van der Waals surface area contributed by atoms with Crippen molar-refractivity contribution in [2.45, 2.75) is 38.5 Å². The van der Waals surface area contributed by atoms with Crippen molar-refractivity contribution in [2.24, 2.45) is 0 Å². The molecule has 0 saturated carbocycles. The SMILES string of the molecule is CC1(C)c2ccccc2-c2c(-c3nc(-c4ccc5c(c4)-n4c6ccccc6c6ccc7c(c64)-c4c-5cccc4C7(C)C)nc(-c4ccc5c(c4)oc4ccccc45)n3)cccc21. The highest BCUT2D eigenvalue weighted by molar-refractivity contribution is 6.19. The number of benzene rings is 8. The molecule has 0 fully saturated rings. The van der Waals surface area contributed by atoms with E-state index in [4.69, 9.17) is 19.4 Å². The molecule has 11 aromatic rings. The predicted molar refractivity (Wildman–Crippen MR) is 252 cm³/mol. The molecule has 1 aliphatic heterocycles. The summed E-state index contributed by atoms with van der Waals surface area (Å²) in [5, 5.41) is 4.68. The van der Waals surface area contributed by atoms with E-state index in [-0.39, 0.29) is 10.8 Å². The fourth-order valence-electron chi connectivity index (χ4n) is 11.4. The van der Waals surface area contributed by atoms with Gasteiger partial charge in [-0.1, -0.05) is 155 Å². The van der Waals surface area contributed by atoms with Crippen molar-refractivity contribution in [2.75, 3.05) is 0 Å². The van der Waals surface area contributed by atoms with Crippen LogP contribution in [0.15, 0.2) is 162 Å². The highest BCUT2D eigenvalue weighted by Crippen LogP contribution is 2.58. The van der Waals surface area contributed by atoms with Gasteiger partial charge >= 0.3 is 0 Å². The number of nitrogens with zero attached hydrogens (tertiary/aromatic N) is 4. The molecule has 0 radical (unpaired) electrons. The van der Waals surface area contributed by atoms with Gasteiger partial charge in [-0.3, -0.25) is 0 Å². The number of rotatable bonds is 3. The normalized spacial score (nSPS) is 14.7. The largest absolute Gasteiger partial charge is 0.456 e. The topological polar surface area (TPSA) is 56.7 Å². The number of para-hydroxylation sites is 2. The number of aromatic nitrogens is 4. The second kappa shape index (κ2) is 11.6. The first-order chi connectivity index (χ1) is 30.3. The molecule has 0 saturated heterocycles. The molecule has 5 nitrogen and oxygen atoms in total. The van der Waals surface area contributed by atoms with Crippen molar-refractivity contribution in [1.29, 1.82) is 0 Å². The highest BCUT2D eigenvalue weighted by atomic mass is 16.3. The third kappa shape index (κ3) is 4.25. The standard InChI is InChI=1S/C57H38N4O/c1-56(2)41-18-8-5-15-39(41)49-40(17-12-19-42(49)56)55-59-53(58-54(60-55)32-24-26-36-35-14-7-10-22-47(35)62-48(36)30-32)31-23-25-34-37-16-11-20-43-50(37)51-44(57(43,3)4)28-27-38-33-13-6-9-21-45(33)61(52(38)51)46(34)29-31/h5-30H,1-4H3. The van der Waals surface area contributed by atoms with Gasteiger partial charge in [-0.25, -0.2) is 15.0 Å². The molecule has 0 N–H and O–H groups in total. The van der Waals surface area contributed by atoms with Crippen molar-refractivity contribution in [1.82, 2.24) is 19.5 Å². The minimum atomic E-state index is -0.168. The Hall–Kier alpha value is -7.63. The summed E-state index contributed by atoms with van der Waals surface area (Å²) < 4.78 is 8.91. The van der Waals surface area contributed by atoms with Crippen LogP contribution in [0.4, 0.5) is 0 Å². The molecule has 3 aromatic heterocycles. The Morgan fingerprint density at radius 1 is 0.403 bits per heavy atom. The molecule has 292 valence electrons. The van der Waals surface area contributed by atoms with Gasteiger partial charge in [-0.2, -0.15) is 0 Å². The Morgan fingerprint density at radius 3 is 1.85 bits per heavy atom. The highest BCUT2D eigenvalue weighted by Gasteiger charge is 2.41. The summed E-state index contributed by atoms with van der Waals surface area (Å²) in [6.45, 7) is 9.37. The van der Waals surface area contributed by atoms with Gasteiger partial charge in [0.2, 0.25) is 0 Å². The fraction of sp³-hybridized carbons (Fsp3) is 0.105. The minimum Gasteiger partial charge on any atom is -0.456 e. The maximum Gasteiger partial charge on any atom is 0.164 e. The lowest BCUT2D eigenvalue weighted by Gasteiger charge is -2.23. The molecule has 14 rings (SSSR count). The Morgan fingerprint density at radius 2 is 1.00 bits per heavy atom. The van der Waals surface area contributed by atoms with Crippen LogP contribution in [0.5, 0.6) is 0 Å². The van der Waals surface area contributed by atoms with Gasteiger partial charge in [0.05, 0.1) is 16.7 Å². The molecule has 62 heavy (non-hydrogen) atoms. The van der Waals surface area contributed by atoms with Crippen molar-refractivity contribution in [3.05, 3.63) is 180 Å². The zero-order valence-corrected chi connectivity index (χ0v) is 34.7. The van der Waals surface area contributed by atoms with Crippen LogP contribution in [-0.2, 0) is 10.8 Å². The average molecular weight is 795 g/mol. The molecule has 4 heterocycles. The molecule has 0 spiro atoms. The average Bonchev–Trinajstić information content (AvgIpc) is 3.96. The maximum absolute atomic E-state index is 6.40. The summed E-state index contributed by atoms with van der Waals surface area (Å²) in [6.07, 6.45) is 0. The van der Waals surface area contributed by atoms with Gasteiger partial charge in [-0.15, -0.1) is 0 Å². The van der Waals surface area contributed by atoms with Crippen LogP contribution < -0.4 is 0 Å². The maximum atomic E-state index is 6.40. The molecule has 3 aliphatic rings. The molecular weight excluding hydrogens is 757 g/mol. The zero-order valence-electron chi connectivity index (χ0n) is 34.7. The van der Waals surface area contributed by atoms with Crippen LogP contribution in [0.3, 0.4) is 0 Å². The molecule has 0 unspecified atom stereocenters. The van der Waals surface area contributed by atoms with E-state index in [0.717, 1.165) is 44.3 Å². The summed E-state index contributed by atoms with van der Waals surface area (Å²) in [5.74, 6) is 1.86. The van der Waals surface area contributed by atoms with Crippen molar-refractivity contribution in [3.8, 4) is 73.2 Å². The smallest absolute Gasteiger partial charge is 0.164 e. The van der Waals surface area contributed by atoms with Crippen molar-refractivity contribution < 1.29 is 4.42 Å². The van der Waals surface area contributed by atoms with E-state index in [1.807, 2.05) is 12.1 Å². The third-order valence-corrected chi connectivity index (χ3v) is 14.4. The lowest BCUT2D eigenvalue weighted by atomic mass is 9.81. The third-order valence-electron chi connectivity index (χ3n) is 14.4. The second-order valence-electron chi connectivity index (χ2n) is 18.3. The van der Waals surface area contributed by atoms with Crippen molar-refractivity contribution >= 4 is 43.7 Å². The Balaban J connectivity index is 1.05. The number of hydrogen-bond donors (Lipinski definition) is 0. The fourth-order valence-corrected chi connectivity index (χ4v) is 11.4. The number of fused-ring (bicyclic) bond motifs is 12. The van der Waals surface area contributed by atoms with Gasteiger partial charge in [0.1, 0.15) is 11.2 Å². The van der Waals surface area contributed by atoms with Crippen LogP contribution >= 0.6 is 0 Å². The minimum absolute atomic E-state index is 0.121. The first-order valence-electron chi connectivity index (χ1n) is 21.5. The van der Waals surface area contributed by atoms with E-state index in [2.05, 4.69) is 178 Å². The second-order valence-corrected chi connectivity index (χ2v) is 18.3. The van der Waals surface area contributed by atoms with E-state index < -0.39 is 0 Å². The quantitative estimate of drug-likeness (QED) is 0.179. The van der Waals surface area contributed by atoms with E-state index in [1.54, 1.807) is 0 Å². The summed E-state index contributed by atoms with van der Waals surface area (Å²) in [4.78, 5) is 16.1. The van der Waals surface area contributed by atoms with E-state index >= 15 is 0 Å². The van der Waals surface area contributed by atoms with Gasteiger partial charge in [-0.05, 0) is 74.8 Å². The van der Waals surface area contributed by atoms with Crippen LogP contribution in [-0.4, -0.2) is 19.5 Å². The summed E-state index contributed by atoms with van der Waals surface area (Å²) in [5.41, 5.74) is 20.6. The molecule has 5 heteroatoms. The van der Waals surface area contributed by atoms with Gasteiger partial charge < -0.3 is 8.98 Å².